The quantitative estimate of drug-likeness (QED) is 0.362. The summed E-state index contributed by atoms with van der Waals surface area (Å²) in [6.45, 7) is 5.84. The lowest BCUT2D eigenvalue weighted by Gasteiger charge is -2.28. The van der Waals surface area contributed by atoms with Crippen LogP contribution in [-0.4, -0.2) is 68.5 Å². The fourth-order valence-corrected chi connectivity index (χ4v) is 3.37. The normalized spacial score (nSPS) is 14.4. The first-order valence-corrected chi connectivity index (χ1v) is 9.89. The Labute approximate surface area is 178 Å². The minimum Gasteiger partial charge on any atom is -0.370 e. The van der Waals surface area contributed by atoms with Crippen LogP contribution in [0, 0.1) is 0 Å². The number of guanidine groups is 1. The van der Waals surface area contributed by atoms with Crippen molar-refractivity contribution in [1.29, 1.82) is 0 Å². The van der Waals surface area contributed by atoms with Gasteiger partial charge in [0.1, 0.15) is 0 Å². The van der Waals surface area contributed by atoms with E-state index in [4.69, 9.17) is 0 Å². The average molecular weight is 491 g/mol. The summed E-state index contributed by atoms with van der Waals surface area (Å²) in [7, 11) is 3.49. The van der Waals surface area contributed by atoms with Crippen molar-refractivity contribution in [3.05, 3.63) is 29.8 Å². The van der Waals surface area contributed by atoms with Crippen molar-refractivity contribution in [3.63, 3.8) is 0 Å². The van der Waals surface area contributed by atoms with Crippen LogP contribution in [-0.2, 0) is 11.3 Å². The maximum Gasteiger partial charge on any atom is 0.241 e. The van der Waals surface area contributed by atoms with Crippen molar-refractivity contribution in [2.45, 2.75) is 13.5 Å². The first kappa shape index (κ1) is 22.9. The molecule has 0 aliphatic carbocycles. The van der Waals surface area contributed by atoms with Gasteiger partial charge < -0.3 is 20.4 Å². The Morgan fingerprint density at radius 2 is 1.85 bits per heavy atom. The second-order valence-corrected chi connectivity index (χ2v) is 7.33. The van der Waals surface area contributed by atoms with Crippen molar-refractivity contribution in [2.24, 2.45) is 4.99 Å². The van der Waals surface area contributed by atoms with Gasteiger partial charge in [0.05, 0.1) is 13.1 Å². The number of carbonyl (C=O) groups is 1. The number of nitrogens with zero attached hydrogens (tertiary/aromatic N) is 3. The highest BCUT2D eigenvalue weighted by Gasteiger charge is 2.10. The monoisotopic (exact) mass is 491 g/mol. The van der Waals surface area contributed by atoms with E-state index < -0.39 is 0 Å². The van der Waals surface area contributed by atoms with Crippen LogP contribution in [0.25, 0.3) is 0 Å². The van der Waals surface area contributed by atoms with E-state index in [-0.39, 0.29) is 36.4 Å². The van der Waals surface area contributed by atoms with Gasteiger partial charge in [-0.15, -0.1) is 24.0 Å². The molecule has 1 heterocycles. The predicted molar refractivity (Wildman–Crippen MR) is 123 cm³/mol. The molecule has 1 aliphatic rings. The van der Waals surface area contributed by atoms with Crippen molar-refractivity contribution in [2.75, 3.05) is 56.7 Å². The Morgan fingerprint density at radius 3 is 2.42 bits per heavy atom. The lowest BCUT2D eigenvalue weighted by atomic mass is 10.2. The lowest BCUT2D eigenvalue weighted by Crippen LogP contribution is -2.42. The summed E-state index contributed by atoms with van der Waals surface area (Å²) < 4.78 is 0. The van der Waals surface area contributed by atoms with Crippen molar-refractivity contribution in [3.8, 4) is 0 Å². The second-order valence-electron chi connectivity index (χ2n) is 6.10. The van der Waals surface area contributed by atoms with Crippen LogP contribution >= 0.6 is 35.7 Å². The molecule has 1 saturated heterocycles. The van der Waals surface area contributed by atoms with Crippen LogP contribution in [0.15, 0.2) is 29.3 Å². The Bertz CT molecular complexity index is 573. The largest absolute Gasteiger partial charge is 0.370 e. The minimum absolute atomic E-state index is 0. The van der Waals surface area contributed by atoms with Gasteiger partial charge in [-0.2, -0.15) is 11.8 Å². The van der Waals surface area contributed by atoms with Gasteiger partial charge >= 0.3 is 0 Å². The van der Waals surface area contributed by atoms with Crippen molar-refractivity contribution in [1.82, 2.24) is 15.5 Å². The standard InChI is InChI=1S/C18H29N5OS.HI/c1-4-19-18(21-14-17(24)22(2)3)20-13-15-5-7-16(8-6-15)23-9-11-25-12-10-23;/h5-8H,4,9-14H2,1-3H3,(H2,19,20,21);1H. The second kappa shape index (κ2) is 12.3. The molecule has 0 aromatic heterocycles. The summed E-state index contributed by atoms with van der Waals surface area (Å²) in [6.07, 6.45) is 0. The maximum absolute atomic E-state index is 11.7. The van der Waals surface area contributed by atoms with E-state index in [1.54, 1.807) is 19.0 Å². The molecule has 146 valence electrons. The van der Waals surface area contributed by atoms with Gasteiger partial charge in [-0.3, -0.25) is 4.79 Å². The number of carbonyl (C=O) groups excluding carboxylic acids is 1. The topological polar surface area (TPSA) is 60.0 Å². The Hall–Kier alpha value is -1.16. The minimum atomic E-state index is 0. The third kappa shape index (κ3) is 7.61. The van der Waals surface area contributed by atoms with Gasteiger partial charge in [0, 0.05) is 50.9 Å². The van der Waals surface area contributed by atoms with E-state index in [2.05, 4.69) is 44.8 Å². The van der Waals surface area contributed by atoms with Crippen LogP contribution in [0.2, 0.25) is 0 Å². The summed E-state index contributed by atoms with van der Waals surface area (Å²) in [5, 5.41) is 6.24. The molecule has 1 amide bonds. The molecule has 6 nitrogen and oxygen atoms in total. The Balaban J connectivity index is 0.00000338. The first-order chi connectivity index (χ1) is 12.1. The van der Waals surface area contributed by atoms with Gasteiger partial charge in [0.15, 0.2) is 5.96 Å². The van der Waals surface area contributed by atoms with E-state index in [1.165, 1.54) is 17.2 Å². The molecule has 0 unspecified atom stereocenters. The lowest BCUT2D eigenvalue weighted by molar-refractivity contribution is -0.127. The molecule has 0 atom stereocenters. The number of thioether (sulfide) groups is 1. The van der Waals surface area contributed by atoms with Gasteiger partial charge in [-0.05, 0) is 24.6 Å². The first-order valence-electron chi connectivity index (χ1n) is 8.74. The summed E-state index contributed by atoms with van der Waals surface area (Å²) in [6, 6.07) is 8.62. The fourth-order valence-electron chi connectivity index (χ4n) is 2.46. The van der Waals surface area contributed by atoms with E-state index in [9.17, 15) is 4.79 Å². The van der Waals surface area contributed by atoms with E-state index >= 15 is 0 Å². The van der Waals surface area contributed by atoms with Crippen LogP contribution in [0.5, 0.6) is 0 Å². The Morgan fingerprint density at radius 1 is 1.19 bits per heavy atom. The number of rotatable bonds is 6. The molecule has 1 aromatic rings. The maximum atomic E-state index is 11.7. The molecule has 26 heavy (non-hydrogen) atoms. The van der Waals surface area contributed by atoms with Gasteiger partial charge in [-0.25, -0.2) is 4.99 Å². The molecule has 8 heteroatoms. The summed E-state index contributed by atoms with van der Waals surface area (Å²) >= 11 is 2.02. The molecule has 1 aliphatic heterocycles. The third-order valence-electron chi connectivity index (χ3n) is 3.98. The average Bonchev–Trinajstić information content (AvgIpc) is 2.64. The highest BCUT2D eigenvalue weighted by molar-refractivity contribution is 14.0. The molecule has 1 fully saturated rings. The fraction of sp³-hybridized carbons (Fsp3) is 0.556. The van der Waals surface area contributed by atoms with Gasteiger partial charge in [-0.1, -0.05) is 12.1 Å². The number of anilines is 1. The van der Waals surface area contributed by atoms with E-state index in [0.717, 1.165) is 25.2 Å². The number of likely N-dealkylation sites (N-methyl/N-ethyl adjacent to an activating group) is 1. The molecular weight excluding hydrogens is 461 g/mol. The highest BCUT2D eigenvalue weighted by Crippen LogP contribution is 2.20. The molecule has 0 spiro atoms. The predicted octanol–water partition coefficient (Wildman–Crippen LogP) is 2.00. The molecular formula is C18H30IN5OS. The number of benzene rings is 1. The number of nitrogens with one attached hydrogen (secondary N) is 2. The van der Waals surface area contributed by atoms with E-state index in [1.807, 2.05) is 18.7 Å². The van der Waals surface area contributed by atoms with Gasteiger partial charge in [0.25, 0.3) is 0 Å². The number of halogens is 1. The summed E-state index contributed by atoms with van der Waals surface area (Å²) in [5.74, 6) is 3.09. The van der Waals surface area contributed by atoms with Gasteiger partial charge in [0.2, 0.25) is 5.91 Å². The molecule has 2 N–H and O–H groups in total. The molecule has 0 bridgehead atoms. The van der Waals surface area contributed by atoms with Crippen LogP contribution < -0.4 is 15.5 Å². The van der Waals surface area contributed by atoms with Crippen LogP contribution in [0.4, 0.5) is 5.69 Å². The van der Waals surface area contributed by atoms with E-state index in [0.29, 0.717) is 12.5 Å². The molecule has 0 radical (unpaired) electrons. The zero-order valence-electron chi connectivity index (χ0n) is 15.8. The molecule has 2 rings (SSSR count). The zero-order valence-corrected chi connectivity index (χ0v) is 19.0. The SMILES string of the molecule is CCNC(=NCc1ccc(N2CCSCC2)cc1)NCC(=O)N(C)C.I. The number of hydrogen-bond donors (Lipinski definition) is 2. The Kier molecular flexibility index (Phi) is 10.8. The smallest absolute Gasteiger partial charge is 0.241 e. The highest BCUT2D eigenvalue weighted by atomic mass is 127. The number of hydrogen-bond acceptors (Lipinski definition) is 4. The van der Waals surface area contributed by atoms with Crippen molar-refractivity contribution < 1.29 is 4.79 Å². The number of aliphatic imine (C=N–C) groups is 1. The van der Waals surface area contributed by atoms with Crippen LogP contribution in [0.1, 0.15) is 12.5 Å². The third-order valence-corrected chi connectivity index (χ3v) is 4.92. The molecule has 0 saturated carbocycles. The number of amides is 1. The van der Waals surface area contributed by atoms with Crippen LogP contribution in [0.3, 0.4) is 0 Å². The summed E-state index contributed by atoms with van der Waals surface area (Å²) in [4.78, 5) is 20.2. The summed E-state index contributed by atoms with van der Waals surface area (Å²) in [5.41, 5.74) is 2.45. The van der Waals surface area contributed by atoms with Crippen molar-refractivity contribution >= 4 is 53.3 Å². The molecule has 1 aromatic carbocycles. The zero-order chi connectivity index (χ0) is 18.1.